The zero-order chi connectivity index (χ0) is 20.3. The maximum atomic E-state index is 13.1. The van der Waals surface area contributed by atoms with Crippen molar-refractivity contribution < 1.29 is 22.8 Å². The number of hydrogen-bond donors (Lipinski definition) is 1. The minimum atomic E-state index is -2.99. The molecule has 8 heteroatoms. The number of nitrogens with one attached hydrogen (secondary N) is 1. The molecule has 0 spiro atoms. The Morgan fingerprint density at radius 2 is 1.93 bits per heavy atom. The van der Waals surface area contributed by atoms with Gasteiger partial charge in [-0.25, -0.2) is 8.42 Å². The molecular weight excluding hydrogens is 378 g/mol. The van der Waals surface area contributed by atoms with Gasteiger partial charge >= 0.3 is 0 Å². The molecule has 0 saturated carbocycles. The van der Waals surface area contributed by atoms with E-state index in [2.05, 4.69) is 17.0 Å². The van der Waals surface area contributed by atoms with Crippen molar-refractivity contribution in [2.45, 2.75) is 32.4 Å². The number of hydrogen-bond acceptors (Lipinski definition) is 5. The number of benzene rings is 1. The van der Waals surface area contributed by atoms with Gasteiger partial charge in [-0.1, -0.05) is 0 Å². The average molecular weight is 411 g/mol. The van der Waals surface area contributed by atoms with Crippen molar-refractivity contribution >= 4 is 21.4 Å². The third-order valence-corrected chi connectivity index (χ3v) is 7.85. The van der Waals surface area contributed by atoms with Crippen LogP contribution in [-0.4, -0.2) is 82.6 Å². The zero-order valence-corrected chi connectivity index (χ0v) is 17.9. The van der Waals surface area contributed by atoms with Crippen LogP contribution >= 0.6 is 0 Å². The van der Waals surface area contributed by atoms with Crippen molar-refractivity contribution in [2.75, 3.05) is 56.2 Å². The Morgan fingerprint density at radius 1 is 1.29 bits per heavy atom. The summed E-state index contributed by atoms with van der Waals surface area (Å²) in [5.41, 5.74) is 1.17. The summed E-state index contributed by atoms with van der Waals surface area (Å²) in [6.45, 7) is 8.04. The fourth-order valence-corrected chi connectivity index (χ4v) is 6.05. The van der Waals surface area contributed by atoms with Crippen LogP contribution in [0.4, 0.5) is 5.69 Å². The number of carbonyl (C=O) groups is 1. The van der Waals surface area contributed by atoms with Gasteiger partial charge in [0.25, 0.3) is 5.91 Å². The minimum absolute atomic E-state index is 0.0810. The quantitative estimate of drug-likeness (QED) is 0.705. The molecule has 28 heavy (non-hydrogen) atoms. The van der Waals surface area contributed by atoms with Crippen molar-refractivity contribution in [3.05, 3.63) is 24.3 Å². The highest BCUT2D eigenvalue weighted by Crippen LogP contribution is 2.20. The van der Waals surface area contributed by atoms with Gasteiger partial charge in [0.15, 0.2) is 15.9 Å². The maximum Gasteiger partial charge on any atom is 0.280 e. The van der Waals surface area contributed by atoms with Gasteiger partial charge in [0.05, 0.1) is 44.8 Å². The fraction of sp³-hybridized carbons (Fsp3) is 0.650. The van der Waals surface area contributed by atoms with Crippen LogP contribution in [0.15, 0.2) is 24.3 Å². The first-order chi connectivity index (χ1) is 13.3. The van der Waals surface area contributed by atoms with Gasteiger partial charge in [0.2, 0.25) is 0 Å². The number of sulfone groups is 1. The molecule has 0 aliphatic carbocycles. The maximum absolute atomic E-state index is 13.1. The topological polar surface area (TPSA) is 71.4 Å². The smallest absolute Gasteiger partial charge is 0.280 e. The van der Waals surface area contributed by atoms with Gasteiger partial charge in [0, 0.05) is 18.3 Å². The predicted octanol–water partition coefficient (Wildman–Crippen LogP) is -0.176. The average Bonchev–Trinajstić information content (AvgIpc) is 3.07. The largest absolute Gasteiger partial charge is 0.497 e. The molecule has 156 valence electrons. The van der Waals surface area contributed by atoms with Crippen molar-refractivity contribution in [3.63, 3.8) is 0 Å². The van der Waals surface area contributed by atoms with Crippen LogP contribution in [0.5, 0.6) is 5.75 Å². The van der Waals surface area contributed by atoms with Crippen LogP contribution in [-0.2, 0) is 14.6 Å². The lowest BCUT2D eigenvalue weighted by molar-refractivity contribution is -0.915. The third-order valence-electron chi connectivity index (χ3n) is 6.10. The summed E-state index contributed by atoms with van der Waals surface area (Å²) in [4.78, 5) is 18.5. The van der Waals surface area contributed by atoms with E-state index in [-0.39, 0.29) is 29.5 Å². The molecule has 2 saturated heterocycles. The number of amides is 1. The molecule has 1 aromatic carbocycles. The third kappa shape index (κ3) is 4.60. The van der Waals surface area contributed by atoms with E-state index in [4.69, 9.17) is 4.74 Å². The summed E-state index contributed by atoms with van der Waals surface area (Å²) in [5.74, 6) is 1.24. The highest BCUT2D eigenvalue weighted by atomic mass is 32.2. The van der Waals surface area contributed by atoms with Gasteiger partial charge in [-0.15, -0.1) is 0 Å². The molecule has 2 aliphatic rings. The van der Waals surface area contributed by atoms with Crippen LogP contribution in [0, 0.1) is 0 Å². The lowest BCUT2D eigenvalue weighted by Gasteiger charge is -2.38. The molecule has 2 fully saturated rings. The second-order valence-corrected chi connectivity index (χ2v) is 9.97. The Labute approximate surface area is 168 Å². The summed E-state index contributed by atoms with van der Waals surface area (Å²) < 4.78 is 28.8. The van der Waals surface area contributed by atoms with Crippen LogP contribution < -0.4 is 14.5 Å². The van der Waals surface area contributed by atoms with Crippen LogP contribution in [0.3, 0.4) is 0 Å². The van der Waals surface area contributed by atoms with E-state index in [0.717, 1.165) is 31.9 Å². The molecule has 1 aromatic rings. The first-order valence-electron chi connectivity index (χ1n) is 10.1. The number of rotatable bonds is 6. The standard InChI is InChI=1S/C20H31N3O4S/c1-4-23(18-9-14-28(25,26)15-18)20(24)16(2)21-10-12-22(13-11-21)17-5-7-19(27-3)8-6-17/h5-8,16,18H,4,9-15H2,1-3H3/p+1/t16-,18+/m1/s1. The van der Waals surface area contributed by atoms with E-state index in [9.17, 15) is 13.2 Å². The summed E-state index contributed by atoms with van der Waals surface area (Å²) in [6.07, 6.45) is 0.565. The Hall–Kier alpha value is -1.80. The van der Waals surface area contributed by atoms with E-state index in [0.29, 0.717) is 13.0 Å². The zero-order valence-electron chi connectivity index (χ0n) is 17.1. The number of ether oxygens (including phenoxy) is 1. The van der Waals surface area contributed by atoms with Gasteiger partial charge in [-0.3, -0.25) is 4.79 Å². The Kier molecular flexibility index (Phi) is 6.50. The second kappa shape index (κ2) is 8.69. The number of piperazine rings is 1. The number of likely N-dealkylation sites (N-methyl/N-ethyl adjacent to an activating group) is 1. The van der Waals surface area contributed by atoms with E-state index < -0.39 is 9.84 Å². The first kappa shape index (κ1) is 20.9. The number of anilines is 1. The molecular formula is C20H32N3O4S+. The molecule has 2 aliphatic heterocycles. The molecule has 0 unspecified atom stereocenters. The molecule has 1 amide bonds. The molecule has 2 atom stereocenters. The Balaban J connectivity index is 1.57. The Bertz CT molecular complexity index is 773. The Morgan fingerprint density at radius 3 is 2.43 bits per heavy atom. The van der Waals surface area contributed by atoms with Crippen LogP contribution in [0.25, 0.3) is 0 Å². The number of nitrogens with zero attached hydrogens (tertiary/aromatic N) is 2. The molecule has 0 aromatic heterocycles. The molecule has 0 radical (unpaired) electrons. The van der Waals surface area contributed by atoms with E-state index in [1.54, 1.807) is 12.0 Å². The molecule has 7 nitrogen and oxygen atoms in total. The lowest BCUT2D eigenvalue weighted by atomic mass is 10.1. The summed E-state index contributed by atoms with van der Waals surface area (Å²) >= 11 is 0. The van der Waals surface area contributed by atoms with E-state index in [1.165, 1.54) is 10.6 Å². The van der Waals surface area contributed by atoms with Crippen molar-refractivity contribution in [1.82, 2.24) is 4.90 Å². The predicted molar refractivity (Wildman–Crippen MR) is 110 cm³/mol. The molecule has 3 rings (SSSR count). The van der Waals surface area contributed by atoms with Crippen molar-refractivity contribution in [3.8, 4) is 5.75 Å². The fourth-order valence-electron chi connectivity index (χ4n) is 4.32. The van der Waals surface area contributed by atoms with Crippen LogP contribution in [0.2, 0.25) is 0 Å². The lowest BCUT2D eigenvalue weighted by Crippen LogP contribution is -3.19. The van der Waals surface area contributed by atoms with Crippen molar-refractivity contribution in [1.29, 1.82) is 0 Å². The van der Waals surface area contributed by atoms with Gasteiger partial charge in [0.1, 0.15) is 5.75 Å². The summed E-state index contributed by atoms with van der Waals surface area (Å²) in [5, 5.41) is 0. The number of methoxy groups -OCH3 is 1. The number of carbonyl (C=O) groups excluding carboxylic acids is 1. The summed E-state index contributed by atoms with van der Waals surface area (Å²) in [6, 6.07) is 7.76. The monoisotopic (exact) mass is 410 g/mol. The van der Waals surface area contributed by atoms with Crippen LogP contribution in [0.1, 0.15) is 20.3 Å². The minimum Gasteiger partial charge on any atom is -0.497 e. The van der Waals surface area contributed by atoms with Crippen molar-refractivity contribution in [2.24, 2.45) is 0 Å². The second-order valence-electron chi connectivity index (χ2n) is 7.75. The van der Waals surface area contributed by atoms with E-state index in [1.807, 2.05) is 26.0 Å². The van der Waals surface area contributed by atoms with Gasteiger partial charge in [-0.2, -0.15) is 0 Å². The van der Waals surface area contributed by atoms with Gasteiger partial charge in [-0.05, 0) is 44.5 Å². The normalized spacial score (nSPS) is 23.4. The molecule has 2 heterocycles. The highest BCUT2D eigenvalue weighted by molar-refractivity contribution is 7.91. The highest BCUT2D eigenvalue weighted by Gasteiger charge is 2.38. The van der Waals surface area contributed by atoms with E-state index >= 15 is 0 Å². The molecule has 1 N–H and O–H groups in total. The number of quaternary nitrogens is 1. The van der Waals surface area contributed by atoms with Gasteiger partial charge < -0.3 is 19.4 Å². The molecule has 0 bridgehead atoms. The summed E-state index contributed by atoms with van der Waals surface area (Å²) in [7, 11) is -1.33. The first-order valence-corrected chi connectivity index (χ1v) is 11.9. The SMILES string of the molecule is CCN(C(=O)[C@@H](C)[NH+]1CCN(c2ccc(OC)cc2)CC1)[C@H]1CCS(=O)(=O)C1.